The summed E-state index contributed by atoms with van der Waals surface area (Å²) in [6.45, 7) is 3.35. The lowest BCUT2D eigenvalue weighted by Gasteiger charge is -2.39. The van der Waals surface area contributed by atoms with Gasteiger partial charge in [0.2, 0.25) is 5.91 Å². The Labute approximate surface area is 178 Å². The molecule has 5 nitrogen and oxygen atoms in total. The molecule has 1 amide bonds. The number of hydrogen-bond donors (Lipinski definition) is 0. The number of thioether (sulfide) groups is 1. The predicted octanol–water partition coefficient (Wildman–Crippen LogP) is 3.90. The van der Waals surface area contributed by atoms with Crippen LogP contribution >= 0.6 is 11.8 Å². The van der Waals surface area contributed by atoms with E-state index in [4.69, 9.17) is 0 Å². The zero-order valence-electron chi connectivity index (χ0n) is 16.6. The standard InChI is InChI=1S/C22H22F2N4OS/c1-2-17-5-3-4-6-20(17)28-14-25-26-22(28)30-13-21(29)27-11-16(12-27)9-15-7-8-18(23)19(24)10-15/h3-8,10,14,16H,2,9,11-13H2,1H3. The van der Waals surface area contributed by atoms with Crippen molar-refractivity contribution in [2.24, 2.45) is 5.92 Å². The Kier molecular flexibility index (Phi) is 6.13. The van der Waals surface area contributed by atoms with Crippen molar-refractivity contribution in [3.05, 3.63) is 71.6 Å². The maximum absolute atomic E-state index is 13.3. The first-order valence-corrected chi connectivity index (χ1v) is 10.9. The SMILES string of the molecule is CCc1ccccc1-n1cnnc1SCC(=O)N1CC(Cc2ccc(F)c(F)c2)C1. The molecule has 0 atom stereocenters. The number of halogens is 2. The molecule has 0 saturated carbocycles. The van der Waals surface area contributed by atoms with Gasteiger partial charge >= 0.3 is 0 Å². The molecule has 2 heterocycles. The smallest absolute Gasteiger partial charge is 0.233 e. The Balaban J connectivity index is 1.30. The molecule has 0 radical (unpaired) electrons. The predicted molar refractivity (Wildman–Crippen MR) is 112 cm³/mol. The number of hydrogen-bond acceptors (Lipinski definition) is 4. The topological polar surface area (TPSA) is 51.0 Å². The van der Waals surface area contributed by atoms with Gasteiger partial charge in [0.15, 0.2) is 16.8 Å². The number of para-hydroxylation sites is 1. The molecule has 1 fully saturated rings. The number of benzene rings is 2. The highest BCUT2D eigenvalue weighted by Crippen LogP contribution is 2.25. The molecule has 156 valence electrons. The van der Waals surface area contributed by atoms with Crippen LogP contribution in [-0.4, -0.2) is 44.4 Å². The summed E-state index contributed by atoms with van der Waals surface area (Å²) >= 11 is 1.37. The van der Waals surface area contributed by atoms with E-state index in [0.29, 0.717) is 24.7 Å². The van der Waals surface area contributed by atoms with Gasteiger partial charge in [-0.25, -0.2) is 8.78 Å². The van der Waals surface area contributed by atoms with Crippen molar-refractivity contribution in [1.82, 2.24) is 19.7 Å². The van der Waals surface area contributed by atoms with E-state index in [0.717, 1.165) is 23.7 Å². The zero-order valence-corrected chi connectivity index (χ0v) is 17.4. The maximum Gasteiger partial charge on any atom is 0.233 e. The van der Waals surface area contributed by atoms with Crippen LogP contribution in [-0.2, 0) is 17.6 Å². The number of amides is 1. The van der Waals surface area contributed by atoms with E-state index in [1.165, 1.54) is 23.4 Å². The van der Waals surface area contributed by atoms with Crippen molar-refractivity contribution >= 4 is 17.7 Å². The van der Waals surface area contributed by atoms with Gasteiger partial charge in [-0.2, -0.15) is 0 Å². The van der Waals surface area contributed by atoms with Crippen LogP contribution in [0.5, 0.6) is 0 Å². The van der Waals surface area contributed by atoms with Crippen molar-refractivity contribution in [3.63, 3.8) is 0 Å². The molecule has 0 bridgehead atoms. The lowest BCUT2D eigenvalue weighted by Crippen LogP contribution is -2.51. The minimum atomic E-state index is -0.837. The second-order valence-corrected chi connectivity index (χ2v) is 8.31. The monoisotopic (exact) mass is 428 g/mol. The van der Waals surface area contributed by atoms with Crippen LogP contribution < -0.4 is 0 Å². The molecular formula is C22H22F2N4OS. The van der Waals surface area contributed by atoms with Gasteiger partial charge in [0, 0.05) is 13.1 Å². The van der Waals surface area contributed by atoms with E-state index >= 15 is 0 Å². The van der Waals surface area contributed by atoms with Gasteiger partial charge in [-0.15, -0.1) is 10.2 Å². The molecule has 1 saturated heterocycles. The quantitative estimate of drug-likeness (QED) is 0.536. The summed E-state index contributed by atoms with van der Waals surface area (Å²) in [5.41, 5.74) is 2.96. The van der Waals surface area contributed by atoms with Gasteiger partial charge < -0.3 is 4.90 Å². The highest BCUT2D eigenvalue weighted by atomic mass is 32.2. The molecule has 30 heavy (non-hydrogen) atoms. The molecule has 4 rings (SSSR count). The molecule has 0 N–H and O–H groups in total. The first-order valence-electron chi connectivity index (χ1n) is 9.88. The third kappa shape index (κ3) is 4.38. The van der Waals surface area contributed by atoms with E-state index in [1.54, 1.807) is 17.3 Å². The second kappa shape index (κ2) is 8.95. The van der Waals surface area contributed by atoms with Gasteiger partial charge in [-0.05, 0) is 48.1 Å². The van der Waals surface area contributed by atoms with Gasteiger partial charge in [0.25, 0.3) is 0 Å². The Morgan fingerprint density at radius 3 is 2.73 bits per heavy atom. The van der Waals surface area contributed by atoms with E-state index in [9.17, 15) is 13.6 Å². The average molecular weight is 429 g/mol. The fraction of sp³-hybridized carbons (Fsp3) is 0.318. The Hall–Kier alpha value is -2.74. The van der Waals surface area contributed by atoms with Crippen LogP contribution in [0.25, 0.3) is 5.69 Å². The van der Waals surface area contributed by atoms with Crippen molar-refractivity contribution in [3.8, 4) is 5.69 Å². The van der Waals surface area contributed by atoms with Crippen LogP contribution in [0.4, 0.5) is 8.78 Å². The highest BCUT2D eigenvalue weighted by Gasteiger charge is 2.30. The third-order valence-electron chi connectivity index (χ3n) is 5.29. The molecule has 2 aromatic carbocycles. The first kappa shape index (κ1) is 20.5. The Morgan fingerprint density at radius 1 is 1.17 bits per heavy atom. The summed E-state index contributed by atoms with van der Waals surface area (Å²) in [5, 5.41) is 8.86. The number of aromatic nitrogens is 3. The zero-order chi connectivity index (χ0) is 21.1. The summed E-state index contributed by atoms with van der Waals surface area (Å²) < 4.78 is 28.3. The average Bonchev–Trinajstić information content (AvgIpc) is 3.19. The summed E-state index contributed by atoms with van der Waals surface area (Å²) in [6, 6.07) is 12.0. The summed E-state index contributed by atoms with van der Waals surface area (Å²) in [5.74, 6) is -1.07. The van der Waals surface area contributed by atoms with Crippen LogP contribution in [0, 0.1) is 17.6 Å². The van der Waals surface area contributed by atoms with Gasteiger partial charge in [-0.3, -0.25) is 9.36 Å². The summed E-state index contributed by atoms with van der Waals surface area (Å²) in [7, 11) is 0. The minimum Gasteiger partial charge on any atom is -0.341 e. The molecule has 8 heteroatoms. The van der Waals surface area contributed by atoms with E-state index in [-0.39, 0.29) is 17.6 Å². The molecule has 1 aliphatic rings. The molecule has 1 aliphatic heterocycles. The number of likely N-dealkylation sites (tertiary alicyclic amines) is 1. The fourth-order valence-corrected chi connectivity index (χ4v) is 4.48. The largest absolute Gasteiger partial charge is 0.341 e. The van der Waals surface area contributed by atoms with Crippen LogP contribution in [0.3, 0.4) is 0 Å². The molecule has 0 spiro atoms. The first-order chi connectivity index (χ1) is 14.5. The normalized spacial score (nSPS) is 14.0. The van der Waals surface area contributed by atoms with Crippen molar-refractivity contribution in [2.45, 2.75) is 24.9 Å². The number of nitrogens with zero attached hydrogens (tertiary/aromatic N) is 4. The lowest BCUT2D eigenvalue weighted by atomic mass is 9.92. The summed E-state index contributed by atoms with van der Waals surface area (Å²) in [6.07, 6.45) is 3.20. The van der Waals surface area contributed by atoms with Crippen molar-refractivity contribution < 1.29 is 13.6 Å². The van der Waals surface area contributed by atoms with Crippen LogP contribution in [0.1, 0.15) is 18.1 Å². The highest BCUT2D eigenvalue weighted by molar-refractivity contribution is 7.99. The Bertz CT molecular complexity index is 1050. The molecule has 1 aromatic heterocycles. The van der Waals surface area contributed by atoms with Gasteiger partial charge in [0.05, 0.1) is 11.4 Å². The molecule has 3 aromatic rings. The van der Waals surface area contributed by atoms with Crippen molar-refractivity contribution in [1.29, 1.82) is 0 Å². The minimum absolute atomic E-state index is 0.0415. The summed E-state index contributed by atoms with van der Waals surface area (Å²) in [4.78, 5) is 14.3. The third-order valence-corrected chi connectivity index (χ3v) is 6.22. The fourth-order valence-electron chi connectivity index (χ4n) is 3.65. The number of carbonyl (C=O) groups is 1. The van der Waals surface area contributed by atoms with Crippen molar-refractivity contribution in [2.75, 3.05) is 18.8 Å². The number of aryl methyl sites for hydroxylation is 1. The molecular weight excluding hydrogens is 406 g/mol. The Morgan fingerprint density at radius 2 is 1.97 bits per heavy atom. The van der Waals surface area contributed by atoms with E-state index in [1.807, 2.05) is 22.8 Å². The molecule has 0 aliphatic carbocycles. The number of rotatable bonds is 7. The van der Waals surface area contributed by atoms with Crippen LogP contribution in [0.15, 0.2) is 53.9 Å². The number of carbonyl (C=O) groups excluding carboxylic acids is 1. The maximum atomic E-state index is 13.3. The van der Waals surface area contributed by atoms with E-state index < -0.39 is 11.6 Å². The van der Waals surface area contributed by atoms with Crippen LogP contribution in [0.2, 0.25) is 0 Å². The second-order valence-electron chi connectivity index (χ2n) is 7.37. The van der Waals surface area contributed by atoms with E-state index in [2.05, 4.69) is 23.2 Å². The lowest BCUT2D eigenvalue weighted by molar-refractivity contribution is -0.134. The molecule has 0 unspecified atom stereocenters. The van der Waals surface area contributed by atoms with Gasteiger partial charge in [-0.1, -0.05) is 43.0 Å². The van der Waals surface area contributed by atoms with Gasteiger partial charge in [0.1, 0.15) is 6.33 Å².